The van der Waals surface area contributed by atoms with Crippen LogP contribution >= 0.6 is 11.6 Å². The molecule has 0 amide bonds. The van der Waals surface area contributed by atoms with Gasteiger partial charge < -0.3 is 14.5 Å². The number of benzene rings is 2. The number of nitrogens with zero attached hydrogens (tertiary/aromatic N) is 6. The molecule has 2 saturated heterocycles. The van der Waals surface area contributed by atoms with Gasteiger partial charge >= 0.3 is 6.01 Å². The summed E-state index contributed by atoms with van der Waals surface area (Å²) in [6, 6.07) is 15.7. The Morgan fingerprint density at radius 3 is 2.71 bits per heavy atom. The minimum Gasteiger partial charge on any atom is -0.462 e. The average Bonchev–Trinajstić information content (AvgIpc) is 3.43. The molecule has 0 unspecified atom stereocenters. The lowest BCUT2D eigenvalue weighted by molar-refractivity contribution is 0.186. The van der Waals surface area contributed by atoms with Crippen LogP contribution in [0.3, 0.4) is 0 Å². The Labute approximate surface area is 253 Å². The summed E-state index contributed by atoms with van der Waals surface area (Å²) < 4.78 is 6.31. The van der Waals surface area contributed by atoms with Crippen molar-refractivity contribution in [2.75, 3.05) is 51.3 Å². The van der Waals surface area contributed by atoms with Crippen molar-refractivity contribution in [1.82, 2.24) is 19.8 Å². The molecule has 1 aliphatic carbocycles. The summed E-state index contributed by atoms with van der Waals surface area (Å²) in [5, 5.41) is 12.6. The molecule has 0 bridgehead atoms. The SMILES string of the molecule is CC#CCN1CCN(c2nc(OC[C@@H]3CCCN3C)nc3c2CCC(c2cccc4cccc(Cl)c24)=C3)C[C@@H]1CC#N. The molecular formula is C34H37ClN6O. The Morgan fingerprint density at radius 1 is 1.07 bits per heavy atom. The number of anilines is 1. The molecule has 0 saturated carbocycles. The van der Waals surface area contributed by atoms with Crippen molar-refractivity contribution >= 4 is 39.8 Å². The Balaban J connectivity index is 1.37. The van der Waals surface area contributed by atoms with Crippen molar-refractivity contribution < 1.29 is 4.74 Å². The van der Waals surface area contributed by atoms with E-state index in [9.17, 15) is 5.26 Å². The van der Waals surface area contributed by atoms with E-state index in [1.807, 2.05) is 19.1 Å². The van der Waals surface area contributed by atoms with Crippen molar-refractivity contribution in [2.24, 2.45) is 0 Å². The van der Waals surface area contributed by atoms with E-state index < -0.39 is 0 Å². The number of aromatic nitrogens is 2. The van der Waals surface area contributed by atoms with Crippen molar-refractivity contribution in [3.63, 3.8) is 0 Å². The van der Waals surface area contributed by atoms with E-state index in [1.165, 1.54) is 12.0 Å². The highest BCUT2D eigenvalue weighted by Crippen LogP contribution is 2.39. The van der Waals surface area contributed by atoms with Crippen LogP contribution < -0.4 is 9.64 Å². The molecule has 7 nitrogen and oxygen atoms in total. The fraction of sp³-hybridized carbons (Fsp3) is 0.441. The highest BCUT2D eigenvalue weighted by molar-refractivity contribution is 6.36. The standard InChI is InChI=1S/C34H37ClN6O/c1-3-4-18-40-19-20-41(22-26(40)15-16-36)33-29-14-13-25(28-11-5-8-24-9-6-12-30(35)32(24)28)21-31(29)37-34(38-33)42-23-27-10-7-17-39(27)2/h5-6,8-9,11-12,21,26-27H,7,10,13-15,17-20,22-23H2,1-2H3/t26-,27-/m0/s1. The quantitative estimate of drug-likeness (QED) is 0.334. The number of fused-ring (bicyclic) bond motifs is 2. The van der Waals surface area contributed by atoms with Gasteiger partial charge in [0.1, 0.15) is 12.4 Å². The van der Waals surface area contributed by atoms with Gasteiger partial charge in [-0.05, 0) is 74.9 Å². The molecule has 3 aromatic rings. The molecule has 2 fully saturated rings. The Hall–Kier alpha value is -3.62. The predicted molar refractivity (Wildman–Crippen MR) is 170 cm³/mol. The van der Waals surface area contributed by atoms with Crippen LogP contribution in [0, 0.1) is 23.2 Å². The highest BCUT2D eigenvalue weighted by Gasteiger charge is 2.31. The zero-order chi connectivity index (χ0) is 29.1. The summed E-state index contributed by atoms with van der Waals surface area (Å²) >= 11 is 6.71. The monoisotopic (exact) mass is 580 g/mol. The number of piperazine rings is 1. The van der Waals surface area contributed by atoms with Crippen molar-refractivity contribution in [2.45, 2.75) is 51.1 Å². The molecule has 0 spiro atoms. The van der Waals surface area contributed by atoms with E-state index >= 15 is 0 Å². The third-order valence-electron chi connectivity index (χ3n) is 8.92. The van der Waals surface area contributed by atoms with Gasteiger partial charge in [-0.25, -0.2) is 0 Å². The first-order valence-corrected chi connectivity index (χ1v) is 15.3. The van der Waals surface area contributed by atoms with E-state index in [0.717, 1.165) is 83.9 Å². The molecule has 3 aliphatic rings. The molecule has 8 heteroatoms. The maximum absolute atomic E-state index is 9.58. The van der Waals surface area contributed by atoms with Gasteiger partial charge in [0.25, 0.3) is 0 Å². The van der Waals surface area contributed by atoms with Crippen LogP contribution in [0.1, 0.15) is 49.4 Å². The van der Waals surface area contributed by atoms with Crippen LogP contribution in [-0.4, -0.2) is 78.2 Å². The van der Waals surface area contributed by atoms with Gasteiger partial charge in [-0.15, -0.1) is 5.92 Å². The molecule has 1 aromatic heterocycles. The smallest absolute Gasteiger partial charge is 0.318 e. The van der Waals surface area contributed by atoms with Crippen molar-refractivity contribution in [3.8, 4) is 23.9 Å². The summed E-state index contributed by atoms with van der Waals surface area (Å²) in [6.07, 6.45) is 6.67. The first-order chi connectivity index (χ1) is 20.6. The number of hydrogen-bond donors (Lipinski definition) is 0. The first-order valence-electron chi connectivity index (χ1n) is 14.9. The van der Waals surface area contributed by atoms with Gasteiger partial charge in [-0.2, -0.15) is 15.2 Å². The van der Waals surface area contributed by atoms with Gasteiger partial charge in [0, 0.05) is 47.7 Å². The Morgan fingerprint density at radius 2 is 1.93 bits per heavy atom. The molecule has 0 radical (unpaired) electrons. The molecule has 6 rings (SSSR count). The topological polar surface area (TPSA) is 68.5 Å². The van der Waals surface area contributed by atoms with Crippen molar-refractivity contribution in [1.29, 1.82) is 5.26 Å². The number of likely N-dealkylation sites (N-methyl/N-ethyl adjacent to an activating group) is 1. The lowest BCUT2D eigenvalue weighted by Crippen LogP contribution is -2.53. The molecular weight excluding hydrogens is 544 g/mol. The third kappa shape index (κ3) is 5.83. The summed E-state index contributed by atoms with van der Waals surface area (Å²) in [6.45, 7) is 6.59. The van der Waals surface area contributed by atoms with Crippen LogP contribution in [0.15, 0.2) is 36.4 Å². The molecule has 0 N–H and O–H groups in total. The number of likely N-dealkylation sites (tertiary alicyclic amines) is 1. The minimum absolute atomic E-state index is 0.0965. The number of nitriles is 1. The fourth-order valence-electron chi connectivity index (χ4n) is 6.56. The fourth-order valence-corrected chi connectivity index (χ4v) is 6.84. The summed E-state index contributed by atoms with van der Waals surface area (Å²) in [7, 11) is 2.15. The van der Waals surface area contributed by atoms with Crippen LogP contribution in [0.5, 0.6) is 6.01 Å². The lowest BCUT2D eigenvalue weighted by atomic mass is 9.88. The van der Waals surface area contributed by atoms with E-state index in [-0.39, 0.29) is 6.04 Å². The summed E-state index contributed by atoms with van der Waals surface area (Å²) in [4.78, 5) is 17.0. The average molecular weight is 581 g/mol. The Kier molecular flexibility index (Phi) is 8.63. The van der Waals surface area contributed by atoms with Gasteiger partial charge in [-0.3, -0.25) is 4.90 Å². The third-order valence-corrected chi connectivity index (χ3v) is 9.23. The lowest BCUT2D eigenvalue weighted by Gasteiger charge is -2.41. The summed E-state index contributed by atoms with van der Waals surface area (Å²) in [5.41, 5.74) is 4.43. The van der Waals surface area contributed by atoms with Gasteiger partial charge in [-0.1, -0.05) is 47.9 Å². The maximum atomic E-state index is 9.58. The number of hydrogen-bond acceptors (Lipinski definition) is 7. The summed E-state index contributed by atoms with van der Waals surface area (Å²) in [5.74, 6) is 7.12. The molecule has 216 valence electrons. The van der Waals surface area contributed by atoms with E-state index in [1.54, 1.807) is 0 Å². The second-order valence-electron chi connectivity index (χ2n) is 11.5. The highest BCUT2D eigenvalue weighted by atomic mass is 35.5. The number of rotatable bonds is 7. The van der Waals surface area contributed by atoms with Gasteiger partial charge in [0.05, 0.1) is 24.7 Å². The largest absolute Gasteiger partial charge is 0.462 e. The zero-order valence-corrected chi connectivity index (χ0v) is 25.2. The van der Waals surface area contributed by atoms with E-state index in [4.69, 9.17) is 26.3 Å². The molecule has 2 aromatic carbocycles. The molecule has 2 atom stereocenters. The van der Waals surface area contributed by atoms with E-state index in [0.29, 0.717) is 31.6 Å². The number of ether oxygens (including phenoxy) is 1. The van der Waals surface area contributed by atoms with E-state index in [2.05, 4.69) is 70.0 Å². The second-order valence-corrected chi connectivity index (χ2v) is 11.9. The van der Waals surface area contributed by atoms with Crippen LogP contribution in [0.4, 0.5) is 5.82 Å². The second kappa shape index (κ2) is 12.7. The first kappa shape index (κ1) is 28.5. The van der Waals surface area contributed by atoms with Gasteiger partial charge in [0.15, 0.2) is 0 Å². The van der Waals surface area contributed by atoms with Crippen LogP contribution in [0.25, 0.3) is 22.4 Å². The number of allylic oxidation sites excluding steroid dienone is 1. The van der Waals surface area contributed by atoms with Crippen LogP contribution in [0.2, 0.25) is 5.02 Å². The van der Waals surface area contributed by atoms with Crippen LogP contribution in [-0.2, 0) is 6.42 Å². The predicted octanol–water partition coefficient (Wildman–Crippen LogP) is 5.67. The Bertz CT molecular complexity index is 1600. The minimum atomic E-state index is 0.0965. The number of halogens is 1. The normalized spacial score (nSPS) is 20.9. The zero-order valence-electron chi connectivity index (χ0n) is 24.4. The maximum Gasteiger partial charge on any atom is 0.318 e. The van der Waals surface area contributed by atoms with Crippen molar-refractivity contribution in [3.05, 3.63) is 58.2 Å². The molecule has 3 heterocycles. The molecule has 2 aliphatic heterocycles. The molecule has 42 heavy (non-hydrogen) atoms. The van der Waals surface area contributed by atoms with Gasteiger partial charge in [0.2, 0.25) is 0 Å².